The Balaban J connectivity index is 1.97. The molecule has 1 saturated carbocycles. The fourth-order valence-electron chi connectivity index (χ4n) is 2.97. The zero-order valence-corrected chi connectivity index (χ0v) is 14.4. The number of alkyl halides is 2. The number of rotatable bonds is 1. The molecule has 4 atom stereocenters. The molecule has 3 nitrogen and oxygen atoms in total. The molecular formula is C14H12Br2ClNO2. The van der Waals surface area contributed by atoms with Crippen molar-refractivity contribution < 1.29 is 9.59 Å². The third kappa shape index (κ3) is 2.24. The highest BCUT2D eigenvalue weighted by molar-refractivity contribution is 9.12. The van der Waals surface area contributed by atoms with Crippen LogP contribution in [0.2, 0.25) is 5.02 Å². The first-order valence-electron chi connectivity index (χ1n) is 6.41. The van der Waals surface area contributed by atoms with Crippen molar-refractivity contribution in [3.63, 3.8) is 0 Å². The molecule has 1 heterocycles. The van der Waals surface area contributed by atoms with Gasteiger partial charge in [0.1, 0.15) is 0 Å². The van der Waals surface area contributed by atoms with Gasteiger partial charge >= 0.3 is 0 Å². The smallest absolute Gasteiger partial charge is 0.237 e. The number of para-hydroxylation sites is 1. The van der Waals surface area contributed by atoms with Crippen LogP contribution in [0.3, 0.4) is 0 Å². The highest BCUT2D eigenvalue weighted by Gasteiger charge is 2.52. The van der Waals surface area contributed by atoms with Gasteiger partial charge in [-0.15, -0.1) is 0 Å². The Morgan fingerprint density at radius 1 is 1.00 bits per heavy atom. The summed E-state index contributed by atoms with van der Waals surface area (Å²) in [5.74, 6) is -0.734. The number of nitrogens with zero attached hydrogens (tertiary/aromatic N) is 1. The number of benzene rings is 1. The van der Waals surface area contributed by atoms with Gasteiger partial charge in [0, 0.05) is 9.65 Å². The molecule has 1 aliphatic carbocycles. The predicted octanol–water partition coefficient (Wildman–Crippen LogP) is 3.77. The minimum absolute atomic E-state index is 0.128. The van der Waals surface area contributed by atoms with Crippen LogP contribution in [0.5, 0.6) is 0 Å². The van der Waals surface area contributed by atoms with E-state index in [1.165, 1.54) is 4.90 Å². The highest BCUT2D eigenvalue weighted by Crippen LogP contribution is 2.45. The lowest BCUT2D eigenvalue weighted by molar-refractivity contribution is -0.122. The molecule has 1 aromatic carbocycles. The van der Waals surface area contributed by atoms with Crippen molar-refractivity contribution in [1.82, 2.24) is 0 Å². The maximum atomic E-state index is 12.6. The van der Waals surface area contributed by atoms with E-state index in [0.717, 1.165) is 0 Å². The van der Waals surface area contributed by atoms with Gasteiger partial charge in [-0.2, -0.15) is 0 Å². The lowest BCUT2D eigenvalue weighted by Crippen LogP contribution is -2.34. The summed E-state index contributed by atoms with van der Waals surface area (Å²) in [7, 11) is 0. The second-order valence-electron chi connectivity index (χ2n) is 5.18. The van der Waals surface area contributed by atoms with Gasteiger partial charge in [0.05, 0.1) is 22.5 Å². The van der Waals surface area contributed by atoms with Gasteiger partial charge in [0.15, 0.2) is 0 Å². The fraction of sp³-hybridized carbons (Fsp3) is 0.429. The summed E-state index contributed by atoms with van der Waals surface area (Å²) < 4.78 is 0. The van der Waals surface area contributed by atoms with Gasteiger partial charge in [-0.1, -0.05) is 55.6 Å². The van der Waals surface area contributed by atoms with Gasteiger partial charge < -0.3 is 0 Å². The van der Waals surface area contributed by atoms with Gasteiger partial charge in [-0.3, -0.25) is 9.59 Å². The Morgan fingerprint density at radius 2 is 1.50 bits per heavy atom. The van der Waals surface area contributed by atoms with Crippen molar-refractivity contribution in [2.75, 3.05) is 4.90 Å². The van der Waals surface area contributed by atoms with Crippen LogP contribution in [0.1, 0.15) is 12.8 Å². The summed E-state index contributed by atoms with van der Waals surface area (Å²) in [5.41, 5.74) is 0.496. The maximum Gasteiger partial charge on any atom is 0.237 e. The van der Waals surface area contributed by atoms with Crippen molar-refractivity contribution in [2.45, 2.75) is 22.5 Å². The molecule has 106 valence electrons. The first-order chi connectivity index (χ1) is 9.50. The van der Waals surface area contributed by atoms with Crippen LogP contribution in [0.15, 0.2) is 24.3 Å². The summed E-state index contributed by atoms with van der Waals surface area (Å²) in [6, 6.07) is 6.98. The number of amides is 2. The number of fused-ring (bicyclic) bond motifs is 1. The molecule has 0 radical (unpaired) electrons. The molecule has 2 fully saturated rings. The van der Waals surface area contributed by atoms with Crippen molar-refractivity contribution in [1.29, 1.82) is 0 Å². The predicted molar refractivity (Wildman–Crippen MR) is 85.6 cm³/mol. The SMILES string of the molecule is O=C1[C@@H]2C[C@H](Br)[C@@H](Br)C[C@H]2C(=O)N1c1ccccc1Cl. The molecule has 20 heavy (non-hydrogen) atoms. The Kier molecular flexibility index (Phi) is 3.95. The lowest BCUT2D eigenvalue weighted by atomic mass is 9.81. The first-order valence-corrected chi connectivity index (χ1v) is 8.62. The monoisotopic (exact) mass is 419 g/mol. The van der Waals surface area contributed by atoms with Crippen molar-refractivity contribution in [2.24, 2.45) is 11.8 Å². The number of hydrogen-bond acceptors (Lipinski definition) is 2. The Labute approximate surface area is 138 Å². The number of carbonyl (C=O) groups is 2. The van der Waals surface area contributed by atoms with Crippen molar-refractivity contribution in [3.8, 4) is 0 Å². The molecule has 0 unspecified atom stereocenters. The maximum absolute atomic E-state index is 12.6. The standard InChI is InChI=1S/C14H12Br2ClNO2/c15-9-5-7-8(6-10(9)16)14(20)18(13(7)19)12-4-2-1-3-11(12)17/h1-4,7-10H,5-6H2/t7-,8-,9+,10+/m1/s1. The van der Waals surface area contributed by atoms with Gasteiger partial charge in [0.2, 0.25) is 11.8 Å². The molecule has 2 amide bonds. The lowest BCUT2D eigenvalue weighted by Gasteiger charge is -2.29. The molecule has 6 heteroatoms. The molecule has 0 spiro atoms. The van der Waals surface area contributed by atoms with Crippen LogP contribution < -0.4 is 4.90 Å². The number of anilines is 1. The molecule has 1 aromatic rings. The zero-order chi connectivity index (χ0) is 14.4. The Bertz CT molecular complexity index is 552. The number of hydrogen-bond donors (Lipinski definition) is 0. The van der Waals surface area contributed by atoms with Crippen LogP contribution in [-0.2, 0) is 9.59 Å². The zero-order valence-electron chi connectivity index (χ0n) is 10.4. The summed E-state index contributed by atoms with van der Waals surface area (Å²) in [5, 5.41) is 0.429. The molecular weight excluding hydrogens is 409 g/mol. The van der Waals surface area contributed by atoms with E-state index in [1.54, 1.807) is 24.3 Å². The molecule has 0 aromatic heterocycles. The quantitative estimate of drug-likeness (QED) is 0.511. The third-order valence-electron chi connectivity index (χ3n) is 4.00. The van der Waals surface area contributed by atoms with Crippen LogP contribution in [0.25, 0.3) is 0 Å². The van der Waals surface area contributed by atoms with E-state index < -0.39 is 0 Å². The highest BCUT2D eigenvalue weighted by atomic mass is 79.9. The number of imide groups is 1. The molecule has 1 aliphatic heterocycles. The third-order valence-corrected chi connectivity index (χ3v) is 7.06. The molecule has 2 aliphatic rings. The minimum Gasteiger partial charge on any atom is -0.274 e. The van der Waals surface area contributed by atoms with E-state index in [0.29, 0.717) is 23.6 Å². The van der Waals surface area contributed by atoms with Gasteiger partial charge in [-0.05, 0) is 25.0 Å². The average molecular weight is 422 g/mol. The fourth-order valence-corrected chi connectivity index (χ4v) is 4.42. The summed E-state index contributed by atoms with van der Waals surface area (Å²) in [6.45, 7) is 0. The van der Waals surface area contributed by atoms with Crippen LogP contribution in [0.4, 0.5) is 5.69 Å². The van der Waals surface area contributed by atoms with Crippen LogP contribution >= 0.6 is 43.5 Å². The number of carbonyl (C=O) groups excluding carboxylic acids is 2. The van der Waals surface area contributed by atoms with Gasteiger partial charge in [0.25, 0.3) is 0 Å². The Morgan fingerprint density at radius 3 is 2.00 bits per heavy atom. The van der Waals surface area contributed by atoms with E-state index in [2.05, 4.69) is 31.9 Å². The molecule has 1 saturated heterocycles. The molecule has 3 rings (SSSR count). The van der Waals surface area contributed by atoms with Crippen LogP contribution in [0, 0.1) is 11.8 Å². The minimum atomic E-state index is -0.239. The molecule has 0 bridgehead atoms. The normalized spacial score (nSPS) is 33.5. The largest absolute Gasteiger partial charge is 0.274 e. The van der Waals surface area contributed by atoms with Gasteiger partial charge in [-0.25, -0.2) is 4.90 Å². The van der Waals surface area contributed by atoms with Crippen molar-refractivity contribution >= 4 is 61.0 Å². The average Bonchev–Trinajstić information content (AvgIpc) is 2.64. The summed E-state index contributed by atoms with van der Waals surface area (Å²) in [4.78, 5) is 26.8. The van der Waals surface area contributed by atoms with E-state index in [4.69, 9.17) is 11.6 Å². The van der Waals surface area contributed by atoms with E-state index in [9.17, 15) is 9.59 Å². The van der Waals surface area contributed by atoms with E-state index in [-0.39, 0.29) is 33.3 Å². The first kappa shape index (κ1) is 14.5. The Hall–Kier alpha value is -0.390. The van der Waals surface area contributed by atoms with E-state index >= 15 is 0 Å². The summed E-state index contributed by atoms with van der Waals surface area (Å²) in [6.07, 6.45) is 1.35. The second-order valence-corrected chi connectivity index (χ2v) is 7.94. The number of halogens is 3. The van der Waals surface area contributed by atoms with Crippen molar-refractivity contribution in [3.05, 3.63) is 29.3 Å². The second kappa shape index (κ2) is 5.43. The summed E-state index contributed by atoms with van der Waals surface area (Å²) >= 11 is 13.3. The molecule has 0 N–H and O–H groups in total. The van der Waals surface area contributed by atoms with E-state index in [1.807, 2.05) is 0 Å². The van der Waals surface area contributed by atoms with Crippen LogP contribution in [-0.4, -0.2) is 21.5 Å². The topological polar surface area (TPSA) is 37.4 Å².